The molecule has 3 atom stereocenters. The zero-order chi connectivity index (χ0) is 23.7. The Labute approximate surface area is 185 Å². The van der Waals surface area contributed by atoms with Gasteiger partial charge in [0.1, 0.15) is 5.75 Å². The number of piperidine rings is 1. The molecular formula is C25H28F3NO3. The second kappa shape index (κ2) is 6.98. The molecule has 1 aliphatic carbocycles. The summed E-state index contributed by atoms with van der Waals surface area (Å²) in [6.07, 6.45) is -3.60. The summed E-state index contributed by atoms with van der Waals surface area (Å²) in [4.78, 5) is 15.2. The number of phenols is 1. The van der Waals surface area contributed by atoms with Gasteiger partial charge in [-0.3, -0.25) is 4.79 Å². The molecule has 0 saturated carbocycles. The van der Waals surface area contributed by atoms with Gasteiger partial charge in [0.15, 0.2) is 5.60 Å². The maximum absolute atomic E-state index is 13.4. The number of amides is 1. The molecule has 4 nitrogen and oxygen atoms in total. The highest BCUT2D eigenvalue weighted by Crippen LogP contribution is 2.57. The molecule has 172 valence electrons. The lowest BCUT2D eigenvalue weighted by Crippen LogP contribution is -2.64. The number of likely N-dealkylation sites (tertiary alicyclic amines) is 1. The van der Waals surface area contributed by atoms with E-state index in [0.29, 0.717) is 26.3 Å². The summed E-state index contributed by atoms with van der Waals surface area (Å²) in [5.74, 6) is -0.0375. The number of benzene rings is 2. The number of hydrogen-bond acceptors (Lipinski definition) is 3. The number of carbonyl (C=O) groups excluding carboxylic acids is 1. The molecule has 1 amide bonds. The van der Waals surface area contributed by atoms with E-state index in [-0.39, 0.29) is 39.7 Å². The molecule has 4 rings (SSSR count). The van der Waals surface area contributed by atoms with Crippen molar-refractivity contribution >= 4 is 5.91 Å². The minimum Gasteiger partial charge on any atom is -0.508 e. The molecule has 1 saturated heterocycles. The number of phenolic OH excluding ortho intramolecular Hbond substituents is 1. The van der Waals surface area contributed by atoms with Crippen molar-refractivity contribution in [1.29, 1.82) is 0 Å². The number of carbonyl (C=O) groups is 1. The van der Waals surface area contributed by atoms with Crippen LogP contribution in [-0.4, -0.2) is 39.8 Å². The van der Waals surface area contributed by atoms with Gasteiger partial charge < -0.3 is 15.1 Å². The third kappa shape index (κ3) is 3.04. The van der Waals surface area contributed by atoms with Crippen LogP contribution in [0.4, 0.5) is 13.2 Å². The molecular weight excluding hydrogens is 419 g/mol. The predicted octanol–water partition coefficient (Wildman–Crippen LogP) is 4.92. The van der Waals surface area contributed by atoms with Gasteiger partial charge in [-0.05, 0) is 60.1 Å². The van der Waals surface area contributed by atoms with Crippen LogP contribution in [0.15, 0.2) is 42.5 Å². The Morgan fingerprint density at radius 1 is 1.09 bits per heavy atom. The average Bonchev–Trinajstić information content (AvgIpc) is 2.70. The molecule has 2 N–H and O–H groups in total. The molecule has 2 aliphatic rings. The minimum absolute atomic E-state index is 0.174. The van der Waals surface area contributed by atoms with Crippen molar-refractivity contribution in [2.75, 3.05) is 6.54 Å². The van der Waals surface area contributed by atoms with Crippen LogP contribution in [0.25, 0.3) is 0 Å². The Kier molecular flexibility index (Phi) is 4.94. The Bertz CT molecular complexity index is 1060. The molecule has 0 spiro atoms. The van der Waals surface area contributed by atoms with Gasteiger partial charge in [-0.25, -0.2) is 0 Å². The Morgan fingerprint density at radius 3 is 2.31 bits per heavy atom. The van der Waals surface area contributed by atoms with Gasteiger partial charge in [0.2, 0.25) is 0 Å². The third-order valence-corrected chi connectivity index (χ3v) is 8.13. The number of rotatable bonds is 2. The van der Waals surface area contributed by atoms with E-state index in [1.54, 1.807) is 11.0 Å². The molecule has 2 aromatic carbocycles. The SMILES string of the molecule is CC(O)(c1ccc(C(=O)N2CCC3(C)c4cccc(O)c4C[C@@H]2C3(C)C)cc1)C(F)(F)F. The van der Waals surface area contributed by atoms with Crippen molar-refractivity contribution in [3.63, 3.8) is 0 Å². The predicted molar refractivity (Wildman–Crippen MR) is 114 cm³/mol. The average molecular weight is 447 g/mol. The Morgan fingerprint density at radius 2 is 1.72 bits per heavy atom. The van der Waals surface area contributed by atoms with Crippen LogP contribution < -0.4 is 0 Å². The number of halogens is 3. The lowest BCUT2D eigenvalue weighted by atomic mass is 9.51. The first kappa shape index (κ1) is 22.6. The van der Waals surface area contributed by atoms with Gasteiger partial charge in [0.25, 0.3) is 5.91 Å². The molecule has 7 heteroatoms. The van der Waals surface area contributed by atoms with Crippen LogP contribution in [0.2, 0.25) is 0 Å². The molecule has 1 fully saturated rings. The number of alkyl halides is 3. The van der Waals surface area contributed by atoms with E-state index in [1.165, 1.54) is 12.1 Å². The molecule has 2 bridgehead atoms. The molecule has 0 radical (unpaired) electrons. The number of hydrogen-bond donors (Lipinski definition) is 2. The van der Waals surface area contributed by atoms with Crippen LogP contribution in [0, 0.1) is 5.41 Å². The van der Waals surface area contributed by atoms with Gasteiger partial charge in [-0.15, -0.1) is 0 Å². The van der Waals surface area contributed by atoms with Crippen LogP contribution in [-0.2, 0) is 17.4 Å². The van der Waals surface area contributed by atoms with Crippen molar-refractivity contribution in [2.24, 2.45) is 5.41 Å². The summed E-state index contributed by atoms with van der Waals surface area (Å²) in [5.41, 5.74) is -1.57. The fourth-order valence-electron chi connectivity index (χ4n) is 5.44. The highest BCUT2D eigenvalue weighted by molar-refractivity contribution is 5.94. The molecule has 2 aromatic rings. The topological polar surface area (TPSA) is 60.8 Å². The lowest BCUT2D eigenvalue weighted by molar-refractivity contribution is -0.258. The monoisotopic (exact) mass is 447 g/mol. The number of aromatic hydroxyl groups is 1. The number of aliphatic hydroxyl groups is 1. The van der Waals surface area contributed by atoms with Crippen molar-refractivity contribution in [3.8, 4) is 5.75 Å². The van der Waals surface area contributed by atoms with E-state index >= 15 is 0 Å². The molecule has 1 heterocycles. The van der Waals surface area contributed by atoms with E-state index < -0.39 is 11.8 Å². The van der Waals surface area contributed by atoms with Gasteiger partial charge in [0.05, 0.1) is 0 Å². The van der Waals surface area contributed by atoms with Gasteiger partial charge >= 0.3 is 6.18 Å². The van der Waals surface area contributed by atoms with Crippen LogP contribution >= 0.6 is 0 Å². The fraction of sp³-hybridized carbons (Fsp3) is 0.480. The summed E-state index contributed by atoms with van der Waals surface area (Å²) >= 11 is 0. The van der Waals surface area contributed by atoms with Crippen molar-refractivity contribution in [1.82, 2.24) is 4.90 Å². The lowest BCUT2D eigenvalue weighted by Gasteiger charge is -2.60. The maximum Gasteiger partial charge on any atom is 0.421 e. The summed E-state index contributed by atoms with van der Waals surface area (Å²) < 4.78 is 39.4. The number of nitrogens with zero attached hydrogens (tertiary/aromatic N) is 1. The second-order valence-corrected chi connectivity index (χ2v) is 9.97. The van der Waals surface area contributed by atoms with Crippen molar-refractivity contribution < 1.29 is 28.2 Å². The zero-order valence-electron chi connectivity index (χ0n) is 18.6. The van der Waals surface area contributed by atoms with E-state index in [0.717, 1.165) is 23.3 Å². The smallest absolute Gasteiger partial charge is 0.421 e. The Balaban J connectivity index is 1.68. The first-order valence-electron chi connectivity index (χ1n) is 10.7. The normalized spacial score (nSPS) is 26.2. The molecule has 32 heavy (non-hydrogen) atoms. The first-order chi connectivity index (χ1) is 14.7. The minimum atomic E-state index is -4.82. The van der Waals surface area contributed by atoms with E-state index in [1.807, 2.05) is 6.07 Å². The molecule has 2 unspecified atom stereocenters. The molecule has 0 aromatic heterocycles. The van der Waals surface area contributed by atoms with E-state index in [4.69, 9.17) is 0 Å². The van der Waals surface area contributed by atoms with Crippen molar-refractivity contribution in [3.05, 3.63) is 64.7 Å². The summed E-state index contributed by atoms with van der Waals surface area (Å²) in [5, 5.41) is 20.4. The summed E-state index contributed by atoms with van der Waals surface area (Å²) in [6.45, 7) is 7.65. The third-order valence-electron chi connectivity index (χ3n) is 8.13. The maximum atomic E-state index is 13.4. The standard InChI is InChI=1S/C25H28F3NO3/c1-22(2)20-14-17-18(6-5-7-19(17)30)23(22,3)12-13-29(20)21(31)15-8-10-16(11-9-15)24(4,32)25(26,27)28/h5-11,20,30,32H,12-14H2,1-4H3/t20-,23?,24?/m1/s1. The summed E-state index contributed by atoms with van der Waals surface area (Å²) in [6, 6.07) is 10.4. The highest BCUT2D eigenvalue weighted by Gasteiger charge is 2.57. The zero-order valence-corrected chi connectivity index (χ0v) is 18.6. The highest BCUT2D eigenvalue weighted by atomic mass is 19.4. The number of fused-ring (bicyclic) bond motifs is 4. The molecule has 1 aliphatic heterocycles. The fourth-order valence-corrected chi connectivity index (χ4v) is 5.44. The van der Waals surface area contributed by atoms with E-state index in [9.17, 15) is 28.2 Å². The van der Waals surface area contributed by atoms with Gasteiger partial charge in [0, 0.05) is 23.6 Å². The van der Waals surface area contributed by atoms with E-state index in [2.05, 4.69) is 26.8 Å². The van der Waals surface area contributed by atoms with Gasteiger partial charge in [-0.2, -0.15) is 13.2 Å². The Hall–Kier alpha value is -2.54. The summed E-state index contributed by atoms with van der Waals surface area (Å²) in [7, 11) is 0. The first-order valence-corrected chi connectivity index (χ1v) is 10.7. The van der Waals surface area contributed by atoms with Crippen LogP contribution in [0.1, 0.15) is 61.2 Å². The quantitative estimate of drug-likeness (QED) is 0.687. The van der Waals surface area contributed by atoms with Crippen molar-refractivity contribution in [2.45, 2.75) is 63.8 Å². The van der Waals surface area contributed by atoms with Crippen LogP contribution in [0.3, 0.4) is 0 Å². The largest absolute Gasteiger partial charge is 0.508 e. The van der Waals surface area contributed by atoms with Gasteiger partial charge in [-0.1, -0.05) is 45.0 Å². The second-order valence-electron chi connectivity index (χ2n) is 9.97. The van der Waals surface area contributed by atoms with Crippen LogP contribution in [0.5, 0.6) is 5.75 Å².